The average molecular weight is 413 g/mol. The lowest BCUT2D eigenvalue weighted by Gasteiger charge is -2.36. The molecule has 0 amide bonds. The Labute approximate surface area is 185 Å². The Morgan fingerprint density at radius 3 is 2.37 bits per heavy atom. The summed E-state index contributed by atoms with van der Waals surface area (Å²) >= 11 is 0. The zero-order valence-corrected chi connectivity index (χ0v) is 19.7. The maximum Gasteiger partial charge on any atom is 0.126 e. The molecule has 0 bridgehead atoms. The molecule has 2 atom stereocenters. The fourth-order valence-corrected chi connectivity index (χ4v) is 5.96. The minimum absolute atomic E-state index is 0.0442. The molecule has 0 radical (unpaired) electrons. The van der Waals surface area contributed by atoms with Gasteiger partial charge in [-0.25, -0.2) is 4.39 Å². The van der Waals surface area contributed by atoms with Gasteiger partial charge in [0.25, 0.3) is 0 Å². The fourth-order valence-electron chi connectivity index (χ4n) is 5.96. The molecule has 3 rings (SSSR count). The van der Waals surface area contributed by atoms with E-state index in [9.17, 15) is 4.39 Å². The van der Waals surface area contributed by atoms with Crippen molar-refractivity contribution in [3.63, 3.8) is 0 Å². The van der Waals surface area contributed by atoms with Crippen molar-refractivity contribution in [3.8, 4) is 0 Å². The molecule has 0 aliphatic heterocycles. The van der Waals surface area contributed by atoms with Crippen LogP contribution >= 0.6 is 0 Å². The summed E-state index contributed by atoms with van der Waals surface area (Å²) in [5, 5.41) is 0. The Morgan fingerprint density at radius 2 is 1.70 bits per heavy atom. The van der Waals surface area contributed by atoms with E-state index >= 15 is 0 Å². The van der Waals surface area contributed by atoms with Gasteiger partial charge in [-0.1, -0.05) is 83.1 Å². The zero-order chi connectivity index (χ0) is 21.2. The smallest absolute Gasteiger partial charge is 0.126 e. The average Bonchev–Trinajstić information content (AvgIpc) is 2.78. The van der Waals surface area contributed by atoms with Crippen molar-refractivity contribution >= 4 is 0 Å². The van der Waals surface area contributed by atoms with Gasteiger partial charge in [-0.2, -0.15) is 0 Å². The molecule has 2 aliphatic carbocycles. The molecule has 1 aromatic rings. The molecule has 0 N–H and O–H groups in total. The highest BCUT2D eigenvalue weighted by atomic mass is 19.1. The largest absolute Gasteiger partial charge is 0.207 e. The van der Waals surface area contributed by atoms with Crippen molar-refractivity contribution in [1.29, 1.82) is 0 Å². The molecule has 168 valence electrons. The Morgan fingerprint density at radius 1 is 0.900 bits per heavy atom. The van der Waals surface area contributed by atoms with E-state index in [1.54, 1.807) is 0 Å². The Bertz CT molecular complexity index is 638. The van der Waals surface area contributed by atoms with Crippen LogP contribution in [0.5, 0.6) is 0 Å². The standard InChI is InChI=1S/C29H45F/c1-3-5-8-11-23-15-17-25(18-16-23)28(21-24-12-9-7-10-13-24)27-20-19-26(14-6-4-2)29(30)22-27/h7,9,19-20,22-25,28H,3-6,8,10-18,21H2,1-2H3. The molecule has 0 saturated heterocycles. The highest BCUT2D eigenvalue weighted by molar-refractivity contribution is 5.28. The van der Waals surface area contributed by atoms with Gasteiger partial charge >= 0.3 is 0 Å². The Kier molecular flexibility index (Phi) is 9.95. The van der Waals surface area contributed by atoms with E-state index in [1.165, 1.54) is 82.6 Å². The maximum absolute atomic E-state index is 14.9. The number of allylic oxidation sites excluding steroid dienone is 2. The first-order valence-corrected chi connectivity index (χ1v) is 13.1. The first-order valence-electron chi connectivity index (χ1n) is 13.1. The van der Waals surface area contributed by atoms with Crippen LogP contribution in [0.15, 0.2) is 30.4 Å². The minimum atomic E-state index is 0.0442. The predicted molar refractivity (Wildman–Crippen MR) is 128 cm³/mol. The predicted octanol–water partition coefficient (Wildman–Crippen LogP) is 9.38. The lowest BCUT2D eigenvalue weighted by atomic mass is 9.69. The molecular formula is C29H45F. The van der Waals surface area contributed by atoms with E-state index in [0.717, 1.165) is 42.6 Å². The normalized spacial score (nSPS) is 25.4. The molecule has 0 aromatic heterocycles. The van der Waals surface area contributed by atoms with Gasteiger partial charge in [-0.3, -0.25) is 0 Å². The molecule has 2 aliphatic rings. The third-order valence-corrected chi connectivity index (χ3v) is 7.95. The van der Waals surface area contributed by atoms with Crippen molar-refractivity contribution in [1.82, 2.24) is 0 Å². The molecule has 1 aromatic carbocycles. The van der Waals surface area contributed by atoms with Gasteiger partial charge in [0.15, 0.2) is 0 Å². The van der Waals surface area contributed by atoms with Gasteiger partial charge in [0.05, 0.1) is 0 Å². The third-order valence-electron chi connectivity index (χ3n) is 7.95. The summed E-state index contributed by atoms with van der Waals surface area (Å²) in [6, 6.07) is 6.30. The molecule has 1 fully saturated rings. The number of rotatable bonds is 11. The van der Waals surface area contributed by atoms with Crippen molar-refractivity contribution in [3.05, 3.63) is 47.3 Å². The molecule has 1 heteroatoms. The van der Waals surface area contributed by atoms with Gasteiger partial charge in [0, 0.05) is 0 Å². The highest BCUT2D eigenvalue weighted by Gasteiger charge is 2.30. The fraction of sp³-hybridized carbons (Fsp3) is 0.724. The van der Waals surface area contributed by atoms with Crippen LogP contribution in [0.4, 0.5) is 4.39 Å². The summed E-state index contributed by atoms with van der Waals surface area (Å²) < 4.78 is 14.9. The minimum Gasteiger partial charge on any atom is -0.207 e. The highest BCUT2D eigenvalue weighted by Crippen LogP contribution is 2.44. The van der Waals surface area contributed by atoms with Crippen LogP contribution < -0.4 is 0 Å². The third kappa shape index (κ3) is 6.96. The number of hydrogen-bond donors (Lipinski definition) is 0. The van der Waals surface area contributed by atoms with E-state index in [2.05, 4.69) is 38.1 Å². The van der Waals surface area contributed by atoms with Crippen LogP contribution in [0, 0.1) is 23.6 Å². The number of unbranched alkanes of at least 4 members (excludes halogenated alkanes) is 3. The summed E-state index contributed by atoms with van der Waals surface area (Å²) in [7, 11) is 0. The van der Waals surface area contributed by atoms with Crippen LogP contribution in [0.25, 0.3) is 0 Å². The van der Waals surface area contributed by atoms with E-state index in [0.29, 0.717) is 5.92 Å². The Balaban J connectivity index is 1.68. The second kappa shape index (κ2) is 12.7. The first-order chi connectivity index (χ1) is 14.7. The molecule has 0 nitrogen and oxygen atoms in total. The SMILES string of the molecule is CCCCCC1CCC(C(CC2CC=CCC2)c2ccc(CCCC)c(F)c2)CC1. The van der Waals surface area contributed by atoms with Crippen LogP contribution in [0.1, 0.15) is 121 Å². The lowest BCUT2D eigenvalue weighted by Crippen LogP contribution is -2.23. The second-order valence-corrected chi connectivity index (χ2v) is 10.2. The first kappa shape index (κ1) is 23.6. The Hall–Kier alpha value is -1.11. The van der Waals surface area contributed by atoms with E-state index < -0.39 is 0 Å². The van der Waals surface area contributed by atoms with Crippen LogP contribution in [0.3, 0.4) is 0 Å². The molecule has 2 unspecified atom stereocenters. The summed E-state index contributed by atoms with van der Waals surface area (Å²) in [5.74, 6) is 3.07. The number of aryl methyl sites for hydroxylation is 1. The molecule has 1 saturated carbocycles. The van der Waals surface area contributed by atoms with Gasteiger partial charge in [0.1, 0.15) is 5.82 Å². The lowest BCUT2D eigenvalue weighted by molar-refractivity contribution is 0.209. The number of halogens is 1. The van der Waals surface area contributed by atoms with Crippen molar-refractivity contribution in [2.45, 2.75) is 116 Å². The van der Waals surface area contributed by atoms with Gasteiger partial charge < -0.3 is 0 Å². The van der Waals surface area contributed by atoms with Crippen molar-refractivity contribution in [2.75, 3.05) is 0 Å². The van der Waals surface area contributed by atoms with Crippen LogP contribution in [-0.2, 0) is 6.42 Å². The number of hydrogen-bond acceptors (Lipinski definition) is 0. The van der Waals surface area contributed by atoms with Crippen molar-refractivity contribution in [2.24, 2.45) is 17.8 Å². The maximum atomic E-state index is 14.9. The van der Waals surface area contributed by atoms with E-state index in [4.69, 9.17) is 0 Å². The topological polar surface area (TPSA) is 0 Å². The molecule has 0 spiro atoms. The molecular weight excluding hydrogens is 367 g/mol. The summed E-state index contributed by atoms with van der Waals surface area (Å²) in [6.07, 6.45) is 23.9. The van der Waals surface area contributed by atoms with Crippen LogP contribution in [0.2, 0.25) is 0 Å². The second-order valence-electron chi connectivity index (χ2n) is 10.2. The monoisotopic (exact) mass is 412 g/mol. The van der Waals surface area contributed by atoms with Gasteiger partial charge in [-0.15, -0.1) is 0 Å². The summed E-state index contributed by atoms with van der Waals surface area (Å²) in [4.78, 5) is 0. The van der Waals surface area contributed by atoms with Gasteiger partial charge in [0.2, 0.25) is 0 Å². The summed E-state index contributed by atoms with van der Waals surface area (Å²) in [6.45, 7) is 4.48. The molecule has 30 heavy (non-hydrogen) atoms. The van der Waals surface area contributed by atoms with E-state index in [-0.39, 0.29) is 5.82 Å². The van der Waals surface area contributed by atoms with Crippen molar-refractivity contribution < 1.29 is 4.39 Å². The quantitative estimate of drug-likeness (QED) is 0.251. The summed E-state index contributed by atoms with van der Waals surface area (Å²) in [5.41, 5.74) is 2.20. The zero-order valence-electron chi connectivity index (χ0n) is 19.7. The van der Waals surface area contributed by atoms with E-state index in [1.807, 2.05) is 6.07 Å². The number of benzene rings is 1. The van der Waals surface area contributed by atoms with Gasteiger partial charge in [-0.05, 0) is 92.2 Å². The molecule has 0 heterocycles. The van der Waals surface area contributed by atoms with Crippen LogP contribution in [-0.4, -0.2) is 0 Å².